The Labute approximate surface area is 164 Å². The summed E-state index contributed by atoms with van der Waals surface area (Å²) in [6.07, 6.45) is 7.63. The lowest BCUT2D eigenvalue weighted by molar-refractivity contribution is -0.152. The standard InChI is InChI=1S/C21H24ClNO4/c1-2-3-4-5-11-26-20(25)17-16-9-10-21(27-16)13-23(19(24)18(17)21)15-8-6-7-14(22)12-15/h6-10,12,16-18H,2-5,11,13H2,1H3/t16-,17+,18-,21+/m1/s1. The highest BCUT2D eigenvalue weighted by Gasteiger charge is 2.67. The summed E-state index contributed by atoms with van der Waals surface area (Å²) in [5.41, 5.74) is -0.0147. The SMILES string of the molecule is CCCCCCOC(=O)[C@H]1[C@H]2C=C[C@@]3(CN(c4cccc(Cl)c4)C(=O)[C@@H]13)O2. The summed E-state index contributed by atoms with van der Waals surface area (Å²) in [7, 11) is 0. The zero-order valence-electron chi connectivity index (χ0n) is 15.4. The normalized spacial score (nSPS) is 30.8. The van der Waals surface area contributed by atoms with Crippen molar-refractivity contribution in [3.63, 3.8) is 0 Å². The zero-order chi connectivity index (χ0) is 19.0. The van der Waals surface area contributed by atoms with Crippen LogP contribution in [0.5, 0.6) is 0 Å². The fraction of sp³-hybridized carbons (Fsp3) is 0.524. The molecule has 3 heterocycles. The molecule has 27 heavy (non-hydrogen) atoms. The van der Waals surface area contributed by atoms with Crippen LogP contribution >= 0.6 is 11.6 Å². The molecular formula is C21H24ClNO4. The van der Waals surface area contributed by atoms with Gasteiger partial charge in [-0.05, 0) is 24.6 Å². The van der Waals surface area contributed by atoms with Crippen LogP contribution < -0.4 is 4.90 Å². The third kappa shape index (κ3) is 3.17. The lowest BCUT2D eigenvalue weighted by atomic mass is 9.77. The molecule has 4 rings (SSSR count). The van der Waals surface area contributed by atoms with E-state index in [0.717, 1.165) is 31.4 Å². The molecule has 2 fully saturated rings. The fourth-order valence-electron chi connectivity index (χ4n) is 4.43. The molecule has 0 N–H and O–H groups in total. The van der Waals surface area contributed by atoms with Gasteiger partial charge in [0.2, 0.25) is 5.91 Å². The number of amides is 1. The Hall–Kier alpha value is -1.85. The fourth-order valence-corrected chi connectivity index (χ4v) is 4.61. The molecule has 1 aromatic rings. The number of rotatable bonds is 7. The summed E-state index contributed by atoms with van der Waals surface area (Å²) in [5, 5.41) is 0.568. The molecule has 3 aliphatic heterocycles. The predicted octanol–water partition coefficient (Wildman–Crippen LogP) is 3.75. The van der Waals surface area contributed by atoms with E-state index in [1.807, 2.05) is 24.3 Å². The molecule has 4 atom stereocenters. The second kappa shape index (κ2) is 7.28. The number of anilines is 1. The van der Waals surface area contributed by atoms with Crippen LogP contribution in [0.25, 0.3) is 0 Å². The van der Waals surface area contributed by atoms with Crippen molar-refractivity contribution in [2.45, 2.75) is 44.3 Å². The quantitative estimate of drug-likeness (QED) is 0.405. The molecule has 1 spiro atoms. The van der Waals surface area contributed by atoms with Crippen molar-refractivity contribution in [3.8, 4) is 0 Å². The first-order valence-corrected chi connectivity index (χ1v) is 10.0. The molecule has 5 nitrogen and oxygen atoms in total. The summed E-state index contributed by atoms with van der Waals surface area (Å²) in [4.78, 5) is 27.6. The van der Waals surface area contributed by atoms with Crippen molar-refractivity contribution >= 4 is 29.2 Å². The van der Waals surface area contributed by atoms with Crippen LogP contribution in [0.2, 0.25) is 5.02 Å². The van der Waals surface area contributed by atoms with E-state index in [0.29, 0.717) is 18.2 Å². The van der Waals surface area contributed by atoms with Crippen LogP contribution in [0.3, 0.4) is 0 Å². The maximum absolute atomic E-state index is 13.2. The van der Waals surface area contributed by atoms with Crippen LogP contribution in [-0.4, -0.2) is 36.7 Å². The van der Waals surface area contributed by atoms with Gasteiger partial charge in [-0.25, -0.2) is 0 Å². The van der Waals surface area contributed by atoms with E-state index in [1.54, 1.807) is 17.0 Å². The van der Waals surface area contributed by atoms with Crippen LogP contribution in [0.1, 0.15) is 32.6 Å². The van der Waals surface area contributed by atoms with Gasteiger partial charge in [0.15, 0.2) is 0 Å². The Morgan fingerprint density at radius 2 is 2.22 bits per heavy atom. The van der Waals surface area contributed by atoms with Gasteiger partial charge in [-0.3, -0.25) is 9.59 Å². The lowest BCUT2D eigenvalue weighted by Gasteiger charge is -2.22. The second-order valence-corrected chi connectivity index (χ2v) is 7.97. The highest BCUT2D eigenvalue weighted by atomic mass is 35.5. The van der Waals surface area contributed by atoms with Crippen molar-refractivity contribution in [2.24, 2.45) is 11.8 Å². The Morgan fingerprint density at radius 1 is 1.37 bits per heavy atom. The molecule has 2 saturated heterocycles. The molecule has 1 amide bonds. The van der Waals surface area contributed by atoms with Crippen LogP contribution in [0, 0.1) is 11.8 Å². The third-order valence-corrected chi connectivity index (χ3v) is 5.97. The van der Waals surface area contributed by atoms with Crippen LogP contribution in [0.4, 0.5) is 5.69 Å². The monoisotopic (exact) mass is 389 g/mol. The molecule has 0 aliphatic carbocycles. The number of ether oxygens (including phenoxy) is 2. The Kier molecular flexibility index (Phi) is 4.99. The molecule has 1 aromatic carbocycles. The van der Waals surface area contributed by atoms with E-state index in [2.05, 4.69) is 6.92 Å². The van der Waals surface area contributed by atoms with E-state index in [4.69, 9.17) is 21.1 Å². The number of hydrogen-bond acceptors (Lipinski definition) is 4. The Balaban J connectivity index is 1.49. The highest BCUT2D eigenvalue weighted by molar-refractivity contribution is 6.31. The van der Waals surface area contributed by atoms with Gasteiger partial charge in [0, 0.05) is 10.7 Å². The Morgan fingerprint density at radius 3 is 3.00 bits per heavy atom. The average Bonchev–Trinajstić information content (AvgIpc) is 3.30. The minimum Gasteiger partial charge on any atom is -0.465 e. The molecule has 6 heteroatoms. The maximum Gasteiger partial charge on any atom is 0.312 e. The number of halogens is 1. The third-order valence-electron chi connectivity index (χ3n) is 5.73. The first-order chi connectivity index (χ1) is 13.1. The van der Waals surface area contributed by atoms with Crippen molar-refractivity contribution in [3.05, 3.63) is 41.4 Å². The number of nitrogens with zero attached hydrogens (tertiary/aromatic N) is 1. The van der Waals surface area contributed by atoms with E-state index in [-0.39, 0.29) is 18.0 Å². The minimum absolute atomic E-state index is 0.1000. The number of unbranched alkanes of at least 4 members (excludes halogenated alkanes) is 3. The highest BCUT2D eigenvalue weighted by Crippen LogP contribution is 2.53. The van der Waals surface area contributed by atoms with E-state index in [9.17, 15) is 9.59 Å². The first-order valence-electron chi connectivity index (χ1n) is 9.66. The van der Waals surface area contributed by atoms with Gasteiger partial charge in [0.1, 0.15) is 11.5 Å². The molecule has 2 bridgehead atoms. The summed E-state index contributed by atoms with van der Waals surface area (Å²) < 4.78 is 11.6. The topological polar surface area (TPSA) is 55.8 Å². The molecule has 3 aliphatic rings. The summed E-state index contributed by atoms with van der Waals surface area (Å²) in [5.74, 6) is -1.53. The minimum atomic E-state index is -0.740. The van der Waals surface area contributed by atoms with E-state index in [1.165, 1.54) is 0 Å². The summed E-state index contributed by atoms with van der Waals surface area (Å²) in [6.45, 7) is 2.93. The van der Waals surface area contributed by atoms with Crippen molar-refractivity contribution in [1.29, 1.82) is 0 Å². The summed E-state index contributed by atoms with van der Waals surface area (Å²) >= 11 is 6.08. The first kappa shape index (κ1) is 18.5. The van der Waals surface area contributed by atoms with Gasteiger partial charge in [0.25, 0.3) is 0 Å². The molecular weight excluding hydrogens is 366 g/mol. The molecule has 0 aromatic heterocycles. The van der Waals surface area contributed by atoms with Crippen molar-refractivity contribution in [1.82, 2.24) is 0 Å². The number of esters is 1. The van der Waals surface area contributed by atoms with Gasteiger partial charge in [-0.15, -0.1) is 0 Å². The number of fused-ring (bicyclic) bond motifs is 1. The van der Waals surface area contributed by atoms with Gasteiger partial charge < -0.3 is 14.4 Å². The number of carbonyl (C=O) groups is 2. The van der Waals surface area contributed by atoms with Crippen molar-refractivity contribution < 1.29 is 19.1 Å². The predicted molar refractivity (Wildman–Crippen MR) is 103 cm³/mol. The van der Waals surface area contributed by atoms with Crippen LogP contribution in [-0.2, 0) is 19.1 Å². The number of benzene rings is 1. The van der Waals surface area contributed by atoms with Crippen molar-refractivity contribution in [2.75, 3.05) is 18.1 Å². The summed E-state index contributed by atoms with van der Waals surface area (Å²) in [6, 6.07) is 7.19. The zero-order valence-corrected chi connectivity index (χ0v) is 16.2. The van der Waals surface area contributed by atoms with Gasteiger partial charge in [0.05, 0.1) is 25.2 Å². The average molecular weight is 390 g/mol. The molecule has 0 radical (unpaired) electrons. The maximum atomic E-state index is 13.2. The largest absolute Gasteiger partial charge is 0.465 e. The number of carbonyl (C=O) groups excluding carboxylic acids is 2. The lowest BCUT2D eigenvalue weighted by Crippen LogP contribution is -2.40. The number of hydrogen-bond donors (Lipinski definition) is 0. The van der Waals surface area contributed by atoms with E-state index < -0.39 is 17.4 Å². The Bertz CT molecular complexity index is 779. The smallest absolute Gasteiger partial charge is 0.312 e. The van der Waals surface area contributed by atoms with Gasteiger partial charge in [-0.1, -0.05) is 56.0 Å². The van der Waals surface area contributed by atoms with Crippen LogP contribution in [0.15, 0.2) is 36.4 Å². The molecule has 144 valence electrons. The van der Waals surface area contributed by atoms with E-state index >= 15 is 0 Å². The van der Waals surface area contributed by atoms with Gasteiger partial charge in [-0.2, -0.15) is 0 Å². The molecule has 0 unspecified atom stereocenters. The molecule has 0 saturated carbocycles. The van der Waals surface area contributed by atoms with Gasteiger partial charge >= 0.3 is 5.97 Å². The second-order valence-electron chi connectivity index (χ2n) is 7.53.